The molecule has 0 aliphatic carbocycles. The molecule has 8 nitrogen and oxygen atoms in total. The first-order valence-corrected chi connectivity index (χ1v) is 12.9. The normalized spacial score (nSPS) is 15.5. The van der Waals surface area contributed by atoms with Crippen LogP contribution < -0.4 is 0 Å². The average molecular weight is 486 g/mol. The van der Waals surface area contributed by atoms with Crippen LogP contribution in [0.4, 0.5) is 0 Å². The van der Waals surface area contributed by atoms with E-state index in [1.54, 1.807) is 30.3 Å². The highest BCUT2D eigenvalue weighted by atomic mass is 32.2. The summed E-state index contributed by atoms with van der Waals surface area (Å²) in [4.78, 5) is 17.4. The lowest BCUT2D eigenvalue weighted by Crippen LogP contribution is -2.40. The summed E-state index contributed by atoms with van der Waals surface area (Å²) in [6.45, 7) is 10.4. The lowest BCUT2D eigenvalue weighted by Gasteiger charge is -2.26. The van der Waals surface area contributed by atoms with Crippen molar-refractivity contribution in [3.05, 3.63) is 59.4 Å². The van der Waals surface area contributed by atoms with E-state index in [1.165, 1.54) is 4.31 Å². The number of carbonyl (C=O) groups is 1. The Morgan fingerprint density at radius 3 is 2.38 bits per heavy atom. The average Bonchev–Trinajstić information content (AvgIpc) is 3.19. The van der Waals surface area contributed by atoms with Crippen molar-refractivity contribution in [1.29, 1.82) is 0 Å². The molecule has 0 radical (unpaired) electrons. The summed E-state index contributed by atoms with van der Waals surface area (Å²) in [5.74, 6) is 0.142. The summed E-state index contributed by atoms with van der Waals surface area (Å²) < 4.78 is 40.2. The number of hydrogen-bond donors (Lipinski definition) is 0. The topological polar surface area (TPSA) is 90.7 Å². The van der Waals surface area contributed by atoms with Crippen molar-refractivity contribution < 1.29 is 22.7 Å². The Hall–Kier alpha value is -2.75. The van der Waals surface area contributed by atoms with Crippen molar-refractivity contribution in [1.82, 2.24) is 13.9 Å². The lowest BCUT2D eigenvalue weighted by molar-refractivity contribution is 0.0458. The van der Waals surface area contributed by atoms with Crippen LogP contribution in [0, 0.1) is 0 Å². The van der Waals surface area contributed by atoms with Gasteiger partial charge < -0.3 is 14.0 Å². The quantitative estimate of drug-likeness (QED) is 0.494. The fraction of sp³-hybridized carbons (Fsp3) is 0.440. The molecule has 34 heavy (non-hydrogen) atoms. The van der Waals surface area contributed by atoms with E-state index in [4.69, 9.17) is 9.47 Å². The second kappa shape index (κ2) is 9.48. The molecular formula is C25H31N3O5S. The number of carbonyl (C=O) groups excluding carboxylic acids is 1. The Morgan fingerprint density at radius 1 is 1.09 bits per heavy atom. The number of benzene rings is 2. The van der Waals surface area contributed by atoms with Gasteiger partial charge in [-0.15, -0.1) is 0 Å². The highest BCUT2D eigenvalue weighted by Crippen LogP contribution is 2.25. The molecule has 2 heterocycles. The van der Waals surface area contributed by atoms with Crippen LogP contribution in [0.15, 0.2) is 47.4 Å². The zero-order chi connectivity index (χ0) is 24.5. The second-order valence-corrected chi connectivity index (χ2v) is 11.3. The first kappa shape index (κ1) is 24.4. The summed E-state index contributed by atoms with van der Waals surface area (Å²) in [5, 5.41) is 0. The van der Waals surface area contributed by atoms with E-state index in [2.05, 4.69) is 25.8 Å². The highest BCUT2D eigenvalue weighted by Gasteiger charge is 2.27. The third kappa shape index (κ3) is 4.87. The van der Waals surface area contributed by atoms with Crippen molar-refractivity contribution in [2.24, 2.45) is 0 Å². The Balaban J connectivity index is 1.54. The molecule has 1 aromatic heterocycles. The first-order chi connectivity index (χ1) is 16.1. The third-order valence-electron chi connectivity index (χ3n) is 6.04. The molecule has 0 bridgehead atoms. The van der Waals surface area contributed by atoms with Gasteiger partial charge in [0, 0.05) is 19.6 Å². The number of ether oxygens (including phenoxy) is 2. The molecule has 0 N–H and O–H groups in total. The number of hydrogen-bond acceptors (Lipinski definition) is 6. The summed E-state index contributed by atoms with van der Waals surface area (Å²) >= 11 is 0. The van der Waals surface area contributed by atoms with Crippen LogP contribution in [-0.4, -0.2) is 54.5 Å². The van der Waals surface area contributed by atoms with Crippen molar-refractivity contribution in [3.8, 4) is 0 Å². The molecule has 0 atom stereocenters. The number of esters is 1. The van der Waals surface area contributed by atoms with Gasteiger partial charge in [0.05, 0.1) is 34.7 Å². The predicted molar refractivity (Wildman–Crippen MR) is 129 cm³/mol. The standard InChI is InChI=1S/C25H31N3O5S/c1-5-28-22-11-10-20(34(30,31)27-12-14-32-15-13-27)16-21(22)26-23(28)17-33-24(29)18-6-8-19(9-7-18)25(2,3)4/h6-11,16H,5,12-15,17H2,1-4H3. The molecule has 4 rings (SSSR count). The van der Waals surface area contributed by atoms with Crippen molar-refractivity contribution in [3.63, 3.8) is 0 Å². The van der Waals surface area contributed by atoms with Gasteiger partial charge in [0.1, 0.15) is 12.4 Å². The molecule has 0 saturated carbocycles. The SMILES string of the molecule is CCn1c(COC(=O)c2ccc(C(C)(C)C)cc2)nc2cc(S(=O)(=O)N3CCOCC3)ccc21. The molecule has 2 aromatic carbocycles. The van der Waals surface area contributed by atoms with E-state index in [9.17, 15) is 13.2 Å². The first-order valence-electron chi connectivity index (χ1n) is 11.5. The number of fused-ring (bicyclic) bond motifs is 1. The van der Waals surface area contributed by atoms with Crippen LogP contribution in [0.5, 0.6) is 0 Å². The number of nitrogens with zero attached hydrogens (tertiary/aromatic N) is 3. The highest BCUT2D eigenvalue weighted by molar-refractivity contribution is 7.89. The van der Waals surface area contributed by atoms with Gasteiger partial charge in [0.15, 0.2) is 0 Å². The zero-order valence-corrected chi connectivity index (χ0v) is 20.9. The minimum Gasteiger partial charge on any atom is -0.454 e. The predicted octanol–water partition coefficient (Wildman–Crippen LogP) is 3.73. The zero-order valence-electron chi connectivity index (χ0n) is 20.1. The summed E-state index contributed by atoms with van der Waals surface area (Å²) in [6, 6.07) is 12.4. The molecule has 1 aliphatic rings. The summed E-state index contributed by atoms with van der Waals surface area (Å²) in [6.07, 6.45) is 0. The fourth-order valence-corrected chi connectivity index (χ4v) is 5.47. The molecule has 1 fully saturated rings. The number of morpholine rings is 1. The maximum Gasteiger partial charge on any atom is 0.338 e. The third-order valence-corrected chi connectivity index (χ3v) is 7.94. The van der Waals surface area contributed by atoms with E-state index in [-0.39, 0.29) is 16.9 Å². The molecule has 0 amide bonds. The Morgan fingerprint density at radius 2 is 1.76 bits per heavy atom. The van der Waals surface area contributed by atoms with E-state index in [0.717, 1.165) is 11.1 Å². The number of aryl methyl sites for hydroxylation is 1. The molecule has 0 unspecified atom stereocenters. The van der Waals surface area contributed by atoms with Crippen LogP contribution in [0.2, 0.25) is 0 Å². The minimum absolute atomic E-state index is 0.00251. The van der Waals surface area contributed by atoms with E-state index >= 15 is 0 Å². The number of imidazole rings is 1. The van der Waals surface area contributed by atoms with Gasteiger partial charge in [0.25, 0.3) is 0 Å². The van der Waals surface area contributed by atoms with E-state index in [0.29, 0.717) is 49.8 Å². The van der Waals surface area contributed by atoms with Crippen molar-refractivity contribution >= 4 is 27.0 Å². The fourth-order valence-electron chi connectivity index (χ4n) is 4.04. The largest absolute Gasteiger partial charge is 0.454 e. The van der Waals surface area contributed by atoms with Gasteiger partial charge in [0.2, 0.25) is 10.0 Å². The Kier molecular flexibility index (Phi) is 6.80. The second-order valence-electron chi connectivity index (χ2n) is 9.34. The van der Waals surface area contributed by atoms with Gasteiger partial charge in [-0.25, -0.2) is 18.2 Å². The number of aromatic nitrogens is 2. The van der Waals surface area contributed by atoms with Gasteiger partial charge >= 0.3 is 5.97 Å². The molecule has 9 heteroatoms. The number of sulfonamides is 1. The monoisotopic (exact) mass is 485 g/mol. The number of rotatable bonds is 6. The van der Waals surface area contributed by atoms with Crippen molar-refractivity contribution in [2.75, 3.05) is 26.3 Å². The molecule has 1 saturated heterocycles. The molecule has 182 valence electrons. The smallest absolute Gasteiger partial charge is 0.338 e. The van der Waals surface area contributed by atoms with Gasteiger partial charge in [-0.1, -0.05) is 32.9 Å². The van der Waals surface area contributed by atoms with Crippen molar-refractivity contribution in [2.45, 2.75) is 51.2 Å². The minimum atomic E-state index is -3.62. The van der Waals surface area contributed by atoms with E-state index in [1.807, 2.05) is 23.6 Å². The maximum atomic E-state index is 13.0. The summed E-state index contributed by atoms with van der Waals surface area (Å²) in [5.41, 5.74) is 2.97. The van der Waals surface area contributed by atoms with Gasteiger partial charge in [-0.3, -0.25) is 0 Å². The summed E-state index contributed by atoms with van der Waals surface area (Å²) in [7, 11) is -3.62. The molecule has 0 spiro atoms. The Bertz CT molecular complexity index is 1280. The van der Waals surface area contributed by atoms with Crippen LogP contribution in [-0.2, 0) is 38.1 Å². The van der Waals surface area contributed by atoms with Crippen LogP contribution in [0.1, 0.15) is 49.4 Å². The van der Waals surface area contributed by atoms with Crippen LogP contribution in [0.25, 0.3) is 11.0 Å². The molecular weight excluding hydrogens is 454 g/mol. The van der Waals surface area contributed by atoms with Gasteiger partial charge in [-0.2, -0.15) is 4.31 Å². The van der Waals surface area contributed by atoms with Gasteiger partial charge in [-0.05, 0) is 48.2 Å². The lowest BCUT2D eigenvalue weighted by atomic mass is 9.87. The Labute approximate surface area is 200 Å². The van der Waals surface area contributed by atoms with Crippen LogP contribution >= 0.6 is 0 Å². The maximum absolute atomic E-state index is 13.0. The van der Waals surface area contributed by atoms with E-state index < -0.39 is 16.0 Å². The molecule has 1 aliphatic heterocycles. The molecule has 3 aromatic rings. The van der Waals surface area contributed by atoms with Crippen LogP contribution in [0.3, 0.4) is 0 Å².